The van der Waals surface area contributed by atoms with E-state index in [0.29, 0.717) is 5.69 Å². The summed E-state index contributed by atoms with van der Waals surface area (Å²) in [6.45, 7) is 0. The van der Waals surface area contributed by atoms with Crippen molar-refractivity contribution in [3.05, 3.63) is 59.4 Å². The Bertz CT molecular complexity index is 701. The van der Waals surface area contributed by atoms with Crippen LogP contribution in [0.25, 0.3) is 0 Å². The minimum atomic E-state index is -0.675. The smallest absolute Gasteiger partial charge is 0.337 e. The van der Waals surface area contributed by atoms with E-state index in [0.717, 1.165) is 6.07 Å². The Hall–Kier alpha value is -2.89. The van der Waals surface area contributed by atoms with Crippen LogP contribution in [0, 0.1) is 5.82 Å². The lowest BCUT2D eigenvalue weighted by molar-refractivity contribution is 0.0600. The lowest BCUT2D eigenvalue weighted by Gasteiger charge is -2.08. The van der Waals surface area contributed by atoms with Gasteiger partial charge in [0.2, 0.25) is 0 Å². The number of halogens is 1. The zero-order chi connectivity index (χ0) is 15.4. The number of benzene rings is 2. The molecule has 3 N–H and O–H groups in total. The fourth-order valence-electron chi connectivity index (χ4n) is 1.76. The Morgan fingerprint density at radius 3 is 2.67 bits per heavy atom. The molecular formula is C15H13FN2O3. The van der Waals surface area contributed by atoms with Crippen LogP contribution in [0.2, 0.25) is 0 Å². The predicted molar refractivity (Wildman–Crippen MR) is 76.5 cm³/mol. The number of ether oxygens (including phenoxy) is 1. The Balaban J connectivity index is 2.23. The van der Waals surface area contributed by atoms with Crippen LogP contribution >= 0.6 is 0 Å². The highest BCUT2D eigenvalue weighted by molar-refractivity contribution is 6.05. The molecule has 0 radical (unpaired) electrons. The van der Waals surface area contributed by atoms with Gasteiger partial charge in [0.1, 0.15) is 5.82 Å². The number of hydrogen-bond donors (Lipinski definition) is 2. The molecule has 0 aliphatic heterocycles. The molecule has 108 valence electrons. The molecule has 0 aliphatic carbocycles. The van der Waals surface area contributed by atoms with E-state index >= 15 is 0 Å². The molecule has 0 saturated heterocycles. The first-order chi connectivity index (χ1) is 10.0. The summed E-state index contributed by atoms with van der Waals surface area (Å²) in [5, 5.41) is 2.50. The fourth-order valence-corrected chi connectivity index (χ4v) is 1.76. The normalized spacial score (nSPS) is 10.0. The molecule has 0 heterocycles. The maximum Gasteiger partial charge on any atom is 0.337 e. The summed E-state index contributed by atoms with van der Waals surface area (Å²) in [5.74, 6) is -1.85. The third kappa shape index (κ3) is 3.36. The van der Waals surface area contributed by atoms with Crippen molar-refractivity contribution < 1.29 is 18.7 Å². The molecule has 0 atom stereocenters. The lowest BCUT2D eigenvalue weighted by Crippen LogP contribution is -2.14. The second-order valence-electron chi connectivity index (χ2n) is 4.27. The molecule has 6 heteroatoms. The topological polar surface area (TPSA) is 81.4 Å². The number of carbonyl (C=O) groups is 2. The second-order valence-corrected chi connectivity index (χ2v) is 4.27. The van der Waals surface area contributed by atoms with Crippen molar-refractivity contribution in [2.45, 2.75) is 0 Å². The van der Waals surface area contributed by atoms with Crippen molar-refractivity contribution in [3.8, 4) is 0 Å². The molecule has 0 unspecified atom stereocenters. The number of hydrogen-bond acceptors (Lipinski definition) is 4. The summed E-state index contributed by atoms with van der Waals surface area (Å²) in [6, 6.07) is 9.87. The Morgan fingerprint density at radius 2 is 1.95 bits per heavy atom. The Labute approximate surface area is 120 Å². The second kappa shape index (κ2) is 6.04. The highest BCUT2D eigenvalue weighted by atomic mass is 19.1. The summed E-state index contributed by atoms with van der Waals surface area (Å²) in [7, 11) is 1.26. The molecule has 0 aliphatic rings. The number of nitrogen functional groups attached to an aromatic ring is 1. The van der Waals surface area contributed by atoms with Gasteiger partial charge in [0, 0.05) is 11.4 Å². The number of methoxy groups -OCH3 is 1. The van der Waals surface area contributed by atoms with E-state index in [2.05, 4.69) is 10.1 Å². The van der Waals surface area contributed by atoms with Crippen LogP contribution in [0.1, 0.15) is 20.7 Å². The average Bonchev–Trinajstić information content (AvgIpc) is 2.49. The molecule has 21 heavy (non-hydrogen) atoms. The lowest BCUT2D eigenvalue weighted by atomic mass is 10.1. The Morgan fingerprint density at radius 1 is 1.19 bits per heavy atom. The van der Waals surface area contributed by atoms with E-state index in [1.807, 2.05) is 0 Å². The number of esters is 1. The van der Waals surface area contributed by atoms with Gasteiger partial charge in [-0.3, -0.25) is 4.79 Å². The number of nitrogens with two attached hydrogens (primary N) is 1. The fraction of sp³-hybridized carbons (Fsp3) is 0.0667. The molecule has 2 aromatic rings. The van der Waals surface area contributed by atoms with Crippen molar-refractivity contribution in [2.24, 2.45) is 0 Å². The number of amides is 1. The predicted octanol–water partition coefficient (Wildman–Crippen LogP) is 2.45. The minimum Gasteiger partial charge on any atom is -0.465 e. The van der Waals surface area contributed by atoms with E-state index < -0.39 is 17.7 Å². The summed E-state index contributed by atoms with van der Waals surface area (Å²) >= 11 is 0. The highest BCUT2D eigenvalue weighted by Crippen LogP contribution is 2.16. The standard InChI is InChI=1S/C15H13FN2O3/c1-21-15(20)9-3-2-4-11(7-9)18-14(19)12-8-10(17)5-6-13(12)16/h2-8H,17H2,1H3,(H,18,19). The van der Waals surface area contributed by atoms with Gasteiger partial charge in [0.25, 0.3) is 5.91 Å². The zero-order valence-corrected chi connectivity index (χ0v) is 11.2. The van der Waals surface area contributed by atoms with Crippen LogP contribution in [0.15, 0.2) is 42.5 Å². The summed E-state index contributed by atoms with van der Waals surface area (Å²) < 4.78 is 18.2. The maximum absolute atomic E-state index is 13.6. The zero-order valence-electron chi connectivity index (χ0n) is 11.2. The number of anilines is 2. The van der Waals surface area contributed by atoms with E-state index in [9.17, 15) is 14.0 Å². The van der Waals surface area contributed by atoms with Crippen molar-refractivity contribution >= 4 is 23.3 Å². The summed E-state index contributed by atoms with van der Waals surface area (Å²) in [4.78, 5) is 23.4. The highest BCUT2D eigenvalue weighted by Gasteiger charge is 2.13. The van der Waals surface area contributed by atoms with Crippen molar-refractivity contribution in [2.75, 3.05) is 18.2 Å². The quantitative estimate of drug-likeness (QED) is 0.671. The van der Waals surface area contributed by atoms with E-state index in [1.54, 1.807) is 18.2 Å². The molecule has 0 bridgehead atoms. The van der Waals surface area contributed by atoms with Gasteiger partial charge in [0.05, 0.1) is 18.2 Å². The molecule has 0 saturated carbocycles. The van der Waals surface area contributed by atoms with E-state index in [4.69, 9.17) is 5.73 Å². The van der Waals surface area contributed by atoms with Crippen LogP contribution in [-0.2, 0) is 4.74 Å². The number of nitrogens with one attached hydrogen (secondary N) is 1. The van der Waals surface area contributed by atoms with Crippen LogP contribution in [0.5, 0.6) is 0 Å². The van der Waals surface area contributed by atoms with E-state index in [-0.39, 0.29) is 16.8 Å². The van der Waals surface area contributed by atoms with Gasteiger partial charge < -0.3 is 15.8 Å². The maximum atomic E-state index is 13.6. The van der Waals surface area contributed by atoms with Crippen LogP contribution in [-0.4, -0.2) is 19.0 Å². The summed E-state index contributed by atoms with van der Waals surface area (Å²) in [5.41, 5.74) is 6.28. The minimum absolute atomic E-state index is 0.168. The molecule has 0 fully saturated rings. The first-order valence-corrected chi connectivity index (χ1v) is 6.06. The van der Waals surface area contributed by atoms with Crippen LogP contribution < -0.4 is 11.1 Å². The van der Waals surface area contributed by atoms with Gasteiger partial charge in [-0.05, 0) is 36.4 Å². The first kappa shape index (κ1) is 14.5. The number of rotatable bonds is 3. The number of carbonyl (C=O) groups excluding carboxylic acids is 2. The van der Waals surface area contributed by atoms with Crippen molar-refractivity contribution in [1.29, 1.82) is 0 Å². The van der Waals surface area contributed by atoms with Gasteiger partial charge >= 0.3 is 5.97 Å². The SMILES string of the molecule is COC(=O)c1cccc(NC(=O)c2cc(N)ccc2F)c1. The van der Waals surface area contributed by atoms with Gasteiger partial charge in [-0.25, -0.2) is 9.18 Å². The average molecular weight is 288 g/mol. The molecule has 5 nitrogen and oxygen atoms in total. The van der Waals surface area contributed by atoms with Crippen molar-refractivity contribution in [1.82, 2.24) is 0 Å². The van der Waals surface area contributed by atoms with Crippen LogP contribution in [0.3, 0.4) is 0 Å². The largest absolute Gasteiger partial charge is 0.465 e. The molecule has 0 aromatic heterocycles. The van der Waals surface area contributed by atoms with Gasteiger partial charge in [-0.15, -0.1) is 0 Å². The van der Waals surface area contributed by atoms with Gasteiger partial charge in [-0.2, -0.15) is 0 Å². The van der Waals surface area contributed by atoms with E-state index in [1.165, 1.54) is 25.3 Å². The molecule has 2 aromatic carbocycles. The van der Waals surface area contributed by atoms with Gasteiger partial charge in [-0.1, -0.05) is 6.07 Å². The third-order valence-corrected chi connectivity index (χ3v) is 2.78. The molecule has 2 rings (SSSR count). The molecule has 1 amide bonds. The van der Waals surface area contributed by atoms with Crippen molar-refractivity contribution in [3.63, 3.8) is 0 Å². The van der Waals surface area contributed by atoms with Crippen LogP contribution in [0.4, 0.5) is 15.8 Å². The van der Waals surface area contributed by atoms with Gasteiger partial charge in [0.15, 0.2) is 0 Å². The summed E-state index contributed by atoms with van der Waals surface area (Å²) in [6.07, 6.45) is 0. The molecular weight excluding hydrogens is 275 g/mol. The Kier molecular flexibility index (Phi) is 4.18. The monoisotopic (exact) mass is 288 g/mol. The third-order valence-electron chi connectivity index (χ3n) is 2.78. The first-order valence-electron chi connectivity index (χ1n) is 6.06. The molecule has 0 spiro atoms.